The maximum atomic E-state index is 8.91. The van der Waals surface area contributed by atoms with Gasteiger partial charge in [0, 0.05) is 25.4 Å². The maximum Gasteiger partial charge on any atom is 0.225 e. The molecule has 1 unspecified atom stereocenters. The third-order valence-corrected chi connectivity index (χ3v) is 2.45. The zero-order valence-electron chi connectivity index (χ0n) is 11.4. The average molecular weight is 253 g/mol. The van der Waals surface area contributed by atoms with Crippen molar-refractivity contribution in [3.63, 3.8) is 0 Å². The van der Waals surface area contributed by atoms with Gasteiger partial charge in [-0.25, -0.2) is 4.98 Å². The number of hydrogen-bond acceptors (Lipinski definition) is 5. The Morgan fingerprint density at radius 2 is 2.17 bits per heavy atom. The van der Waals surface area contributed by atoms with Gasteiger partial charge < -0.3 is 15.2 Å². The lowest BCUT2D eigenvalue weighted by molar-refractivity contribution is 0.229. The van der Waals surface area contributed by atoms with Crippen molar-refractivity contribution in [3.8, 4) is 5.88 Å². The summed E-state index contributed by atoms with van der Waals surface area (Å²) in [4.78, 5) is 8.39. The van der Waals surface area contributed by atoms with Crippen LogP contribution in [0.2, 0.25) is 0 Å². The van der Waals surface area contributed by atoms with E-state index in [9.17, 15) is 0 Å². The van der Waals surface area contributed by atoms with E-state index in [4.69, 9.17) is 9.84 Å². The lowest BCUT2D eigenvalue weighted by Crippen LogP contribution is -2.11. The third-order valence-electron chi connectivity index (χ3n) is 2.45. The van der Waals surface area contributed by atoms with Crippen molar-refractivity contribution in [3.05, 3.63) is 12.3 Å². The Labute approximate surface area is 109 Å². The van der Waals surface area contributed by atoms with Crippen molar-refractivity contribution in [2.75, 3.05) is 18.5 Å². The third kappa shape index (κ3) is 5.82. The number of anilines is 1. The molecule has 0 aromatic carbocycles. The lowest BCUT2D eigenvalue weighted by Gasteiger charge is -2.10. The Balaban J connectivity index is 2.33. The van der Waals surface area contributed by atoms with Crippen LogP contribution in [0.1, 0.15) is 33.6 Å². The van der Waals surface area contributed by atoms with Crippen LogP contribution >= 0.6 is 0 Å². The molecule has 5 heteroatoms. The van der Waals surface area contributed by atoms with Gasteiger partial charge in [0.2, 0.25) is 11.8 Å². The van der Waals surface area contributed by atoms with Crippen LogP contribution < -0.4 is 10.1 Å². The normalized spacial score (nSPS) is 12.5. The molecule has 1 rings (SSSR count). The highest BCUT2D eigenvalue weighted by molar-refractivity contribution is 5.27. The number of aromatic nitrogens is 2. The summed E-state index contributed by atoms with van der Waals surface area (Å²) in [6, 6.07) is 1.75. The number of rotatable bonds is 8. The monoisotopic (exact) mass is 253 g/mol. The van der Waals surface area contributed by atoms with E-state index in [2.05, 4.69) is 15.3 Å². The summed E-state index contributed by atoms with van der Waals surface area (Å²) in [5.74, 6) is 1.53. The second-order valence-electron chi connectivity index (χ2n) is 4.74. The number of ether oxygens (including phenoxy) is 1. The van der Waals surface area contributed by atoms with Crippen molar-refractivity contribution in [1.29, 1.82) is 0 Å². The summed E-state index contributed by atoms with van der Waals surface area (Å²) in [6.07, 6.45) is 3.77. The van der Waals surface area contributed by atoms with Gasteiger partial charge in [0.15, 0.2) is 0 Å². The lowest BCUT2D eigenvalue weighted by atomic mass is 10.1. The first kappa shape index (κ1) is 14.7. The van der Waals surface area contributed by atoms with Crippen molar-refractivity contribution < 1.29 is 9.84 Å². The number of nitrogens with one attached hydrogen (secondary N) is 1. The van der Waals surface area contributed by atoms with Crippen molar-refractivity contribution in [2.24, 2.45) is 5.92 Å². The van der Waals surface area contributed by atoms with Crippen LogP contribution in [0.15, 0.2) is 12.3 Å². The Morgan fingerprint density at radius 3 is 2.83 bits per heavy atom. The molecular formula is C13H23N3O2. The van der Waals surface area contributed by atoms with Crippen molar-refractivity contribution in [2.45, 2.75) is 39.7 Å². The van der Waals surface area contributed by atoms with Gasteiger partial charge >= 0.3 is 0 Å². The summed E-state index contributed by atoms with van der Waals surface area (Å²) in [5, 5.41) is 12.1. The Hall–Kier alpha value is -1.36. The van der Waals surface area contributed by atoms with Crippen LogP contribution in [-0.4, -0.2) is 34.3 Å². The molecule has 0 aliphatic rings. The predicted molar refractivity (Wildman–Crippen MR) is 71.8 cm³/mol. The van der Waals surface area contributed by atoms with Crippen LogP contribution in [0, 0.1) is 5.92 Å². The van der Waals surface area contributed by atoms with Crippen LogP contribution in [0.4, 0.5) is 5.95 Å². The molecule has 0 amide bonds. The number of hydrogen-bond donors (Lipinski definition) is 2. The molecule has 0 bridgehead atoms. The molecule has 0 aliphatic heterocycles. The molecule has 18 heavy (non-hydrogen) atoms. The summed E-state index contributed by atoms with van der Waals surface area (Å²) in [6.45, 7) is 7.01. The number of aliphatic hydroxyl groups is 1. The zero-order valence-corrected chi connectivity index (χ0v) is 11.4. The summed E-state index contributed by atoms with van der Waals surface area (Å²) < 4.78 is 5.49. The van der Waals surface area contributed by atoms with Gasteiger partial charge in [0.1, 0.15) is 0 Å². The first-order valence-corrected chi connectivity index (χ1v) is 6.46. The molecule has 0 saturated carbocycles. The van der Waals surface area contributed by atoms with Crippen molar-refractivity contribution in [1.82, 2.24) is 9.97 Å². The molecule has 1 aromatic heterocycles. The first-order valence-electron chi connectivity index (χ1n) is 6.46. The van der Waals surface area contributed by atoms with Crippen LogP contribution in [0.3, 0.4) is 0 Å². The minimum Gasteiger partial charge on any atom is -0.475 e. The minimum absolute atomic E-state index is 0.109. The van der Waals surface area contributed by atoms with Crippen molar-refractivity contribution >= 4 is 5.95 Å². The zero-order chi connectivity index (χ0) is 13.4. The van der Waals surface area contributed by atoms with Crippen LogP contribution in [-0.2, 0) is 0 Å². The van der Waals surface area contributed by atoms with E-state index < -0.39 is 0 Å². The quantitative estimate of drug-likeness (QED) is 0.694. The standard InChI is InChI=1S/C13H23N3O2/c1-10(2)18-12-6-8-15-13(16-12)14-7-4-5-11(3)9-17/h6,8,10-11,17H,4-5,7,9H2,1-3H3,(H,14,15,16). The Morgan fingerprint density at radius 1 is 1.39 bits per heavy atom. The van der Waals surface area contributed by atoms with Crippen LogP contribution in [0.25, 0.3) is 0 Å². The van der Waals surface area contributed by atoms with Gasteiger partial charge in [-0.15, -0.1) is 0 Å². The Kier molecular flexibility index (Phi) is 6.43. The fraction of sp³-hybridized carbons (Fsp3) is 0.692. The molecular weight excluding hydrogens is 230 g/mol. The van der Waals surface area contributed by atoms with Crippen LogP contribution in [0.5, 0.6) is 5.88 Å². The highest BCUT2D eigenvalue weighted by Crippen LogP contribution is 2.10. The number of nitrogens with zero attached hydrogens (tertiary/aromatic N) is 2. The topological polar surface area (TPSA) is 67.3 Å². The molecule has 0 radical (unpaired) electrons. The average Bonchev–Trinajstić information content (AvgIpc) is 2.34. The minimum atomic E-state index is 0.109. The molecule has 102 valence electrons. The molecule has 1 heterocycles. The summed E-state index contributed by atoms with van der Waals surface area (Å²) in [7, 11) is 0. The second-order valence-corrected chi connectivity index (χ2v) is 4.74. The number of aliphatic hydroxyl groups excluding tert-OH is 1. The highest BCUT2D eigenvalue weighted by atomic mass is 16.5. The van der Waals surface area contributed by atoms with E-state index in [1.165, 1.54) is 0 Å². The van der Waals surface area contributed by atoms with Gasteiger partial charge in [-0.05, 0) is 32.6 Å². The van der Waals surface area contributed by atoms with E-state index in [-0.39, 0.29) is 12.7 Å². The summed E-state index contributed by atoms with van der Waals surface area (Å²) in [5.41, 5.74) is 0. The van der Waals surface area contributed by atoms with Gasteiger partial charge in [-0.3, -0.25) is 0 Å². The molecule has 0 fully saturated rings. The van der Waals surface area contributed by atoms with E-state index in [1.807, 2.05) is 20.8 Å². The molecule has 1 atom stereocenters. The van der Waals surface area contributed by atoms with E-state index in [0.29, 0.717) is 17.7 Å². The van der Waals surface area contributed by atoms with E-state index >= 15 is 0 Å². The molecule has 5 nitrogen and oxygen atoms in total. The molecule has 0 aliphatic carbocycles. The molecule has 1 aromatic rings. The highest BCUT2D eigenvalue weighted by Gasteiger charge is 2.03. The smallest absolute Gasteiger partial charge is 0.225 e. The van der Waals surface area contributed by atoms with Gasteiger partial charge in [0.25, 0.3) is 0 Å². The summed E-state index contributed by atoms with van der Waals surface area (Å²) >= 11 is 0. The van der Waals surface area contributed by atoms with Gasteiger partial charge in [-0.1, -0.05) is 6.92 Å². The van der Waals surface area contributed by atoms with Gasteiger partial charge in [0.05, 0.1) is 6.10 Å². The van der Waals surface area contributed by atoms with Gasteiger partial charge in [-0.2, -0.15) is 4.98 Å². The fourth-order valence-corrected chi connectivity index (χ4v) is 1.48. The first-order chi connectivity index (χ1) is 8.61. The second kappa shape index (κ2) is 7.87. The molecule has 0 saturated heterocycles. The SMILES string of the molecule is CC(CO)CCCNc1nccc(OC(C)C)n1. The molecule has 0 spiro atoms. The molecule has 2 N–H and O–H groups in total. The fourth-order valence-electron chi connectivity index (χ4n) is 1.48. The maximum absolute atomic E-state index is 8.91. The largest absolute Gasteiger partial charge is 0.475 e. The Bertz CT molecular complexity index is 345. The van der Waals surface area contributed by atoms with E-state index in [1.54, 1.807) is 12.3 Å². The van der Waals surface area contributed by atoms with E-state index in [0.717, 1.165) is 19.4 Å². The predicted octanol–water partition coefficient (Wildman–Crippen LogP) is 2.08.